The third-order valence-corrected chi connectivity index (χ3v) is 7.20. The average molecular weight is 541 g/mol. The van der Waals surface area contributed by atoms with Gasteiger partial charge in [0, 0.05) is 42.6 Å². The number of hydrogen-bond acceptors (Lipinski definition) is 4. The standard InChI is InChI=1S/C33H28N6O2/c1-39-28(18-21-36-39)32(40)38-30(29(23-8-4-2-5-9-23)24-10-6-3-7-11-24)33(41)37-25-14-12-22(13-15-25)26-16-19-34-31-27(26)17-20-35-31/h2-21,29-30H,1H3,(H,34,35)(H,37,41)(H,38,40). The molecule has 8 nitrogen and oxygen atoms in total. The molecule has 0 saturated heterocycles. The Morgan fingerprint density at radius 3 is 2.12 bits per heavy atom. The first-order valence-corrected chi connectivity index (χ1v) is 13.3. The summed E-state index contributed by atoms with van der Waals surface area (Å²) in [4.78, 5) is 34.9. The van der Waals surface area contributed by atoms with Crippen molar-refractivity contribution in [3.63, 3.8) is 0 Å². The zero-order valence-electron chi connectivity index (χ0n) is 22.4. The summed E-state index contributed by atoms with van der Waals surface area (Å²) in [5, 5.41) is 11.2. The molecule has 2 amide bonds. The molecule has 202 valence electrons. The van der Waals surface area contributed by atoms with E-state index in [4.69, 9.17) is 0 Å². The highest BCUT2D eigenvalue weighted by Crippen LogP contribution is 2.31. The van der Waals surface area contributed by atoms with Crippen LogP contribution in [0.25, 0.3) is 22.2 Å². The van der Waals surface area contributed by atoms with Gasteiger partial charge >= 0.3 is 0 Å². The Morgan fingerprint density at radius 2 is 1.49 bits per heavy atom. The van der Waals surface area contributed by atoms with Crippen LogP contribution in [0, 0.1) is 0 Å². The Hall–Kier alpha value is -5.50. The second-order valence-electron chi connectivity index (χ2n) is 9.76. The second kappa shape index (κ2) is 11.3. The molecule has 3 aromatic carbocycles. The number of hydrogen-bond donors (Lipinski definition) is 3. The van der Waals surface area contributed by atoms with Crippen molar-refractivity contribution in [3.8, 4) is 11.1 Å². The van der Waals surface area contributed by atoms with Crippen LogP contribution in [-0.2, 0) is 11.8 Å². The molecule has 1 atom stereocenters. The van der Waals surface area contributed by atoms with Gasteiger partial charge in [0.05, 0.1) is 0 Å². The molecule has 1 unspecified atom stereocenters. The Morgan fingerprint density at radius 1 is 0.805 bits per heavy atom. The summed E-state index contributed by atoms with van der Waals surface area (Å²) in [5.74, 6) is -1.15. The van der Waals surface area contributed by atoms with Gasteiger partial charge in [-0.2, -0.15) is 5.10 Å². The van der Waals surface area contributed by atoms with Crippen molar-refractivity contribution in [2.45, 2.75) is 12.0 Å². The van der Waals surface area contributed by atoms with E-state index in [1.54, 1.807) is 25.5 Å². The van der Waals surface area contributed by atoms with Crippen molar-refractivity contribution in [3.05, 3.63) is 139 Å². The van der Waals surface area contributed by atoms with Crippen LogP contribution in [0.2, 0.25) is 0 Å². The van der Waals surface area contributed by atoms with E-state index in [1.807, 2.05) is 103 Å². The van der Waals surface area contributed by atoms with Crippen LogP contribution < -0.4 is 10.6 Å². The first-order chi connectivity index (χ1) is 20.1. The third-order valence-electron chi connectivity index (χ3n) is 7.20. The minimum absolute atomic E-state index is 0.331. The van der Waals surface area contributed by atoms with Crippen molar-refractivity contribution in [2.75, 3.05) is 5.32 Å². The molecule has 6 aromatic rings. The predicted octanol–water partition coefficient (Wildman–Crippen LogP) is 5.53. The summed E-state index contributed by atoms with van der Waals surface area (Å²) in [6.45, 7) is 0. The fraction of sp³-hybridized carbons (Fsp3) is 0.0909. The number of fused-ring (bicyclic) bond motifs is 1. The number of aromatic amines is 1. The summed E-state index contributed by atoms with van der Waals surface area (Å²) >= 11 is 0. The molecule has 0 radical (unpaired) electrons. The molecule has 0 fully saturated rings. The van der Waals surface area contributed by atoms with Crippen LogP contribution in [0.5, 0.6) is 0 Å². The number of pyridine rings is 1. The van der Waals surface area contributed by atoms with E-state index < -0.39 is 12.0 Å². The van der Waals surface area contributed by atoms with E-state index in [2.05, 4.69) is 25.7 Å². The molecule has 3 heterocycles. The number of nitrogens with one attached hydrogen (secondary N) is 3. The number of carbonyl (C=O) groups excluding carboxylic acids is 2. The van der Waals surface area contributed by atoms with Gasteiger partial charge in [-0.1, -0.05) is 72.8 Å². The van der Waals surface area contributed by atoms with Crippen molar-refractivity contribution in [1.82, 2.24) is 25.1 Å². The molecule has 3 N–H and O–H groups in total. The average Bonchev–Trinajstić information content (AvgIpc) is 3.67. The van der Waals surface area contributed by atoms with Crippen LogP contribution in [0.15, 0.2) is 122 Å². The number of aryl methyl sites for hydroxylation is 1. The van der Waals surface area contributed by atoms with Gasteiger partial charge in [0.2, 0.25) is 5.91 Å². The predicted molar refractivity (Wildman–Crippen MR) is 159 cm³/mol. The zero-order valence-corrected chi connectivity index (χ0v) is 22.4. The van der Waals surface area contributed by atoms with Crippen LogP contribution >= 0.6 is 0 Å². The topological polar surface area (TPSA) is 105 Å². The number of nitrogens with zero attached hydrogens (tertiary/aromatic N) is 3. The van der Waals surface area contributed by atoms with Crippen LogP contribution in [-0.4, -0.2) is 37.6 Å². The lowest BCUT2D eigenvalue weighted by Gasteiger charge is -2.28. The van der Waals surface area contributed by atoms with Gasteiger partial charge < -0.3 is 15.6 Å². The Labute approximate surface area is 237 Å². The van der Waals surface area contributed by atoms with Gasteiger partial charge in [0.25, 0.3) is 5.91 Å². The molecule has 3 aromatic heterocycles. The fourth-order valence-corrected chi connectivity index (χ4v) is 5.18. The quantitative estimate of drug-likeness (QED) is 0.236. The minimum Gasteiger partial charge on any atom is -0.346 e. The van der Waals surface area contributed by atoms with Crippen molar-refractivity contribution in [2.24, 2.45) is 7.05 Å². The van der Waals surface area contributed by atoms with Gasteiger partial charge in [0.1, 0.15) is 17.4 Å². The largest absolute Gasteiger partial charge is 0.346 e. The maximum Gasteiger partial charge on any atom is 0.270 e. The Balaban J connectivity index is 1.33. The molecule has 6 rings (SSSR count). The first kappa shape index (κ1) is 25.8. The molecule has 41 heavy (non-hydrogen) atoms. The zero-order chi connectivity index (χ0) is 28.2. The van der Waals surface area contributed by atoms with Gasteiger partial charge in [-0.05, 0) is 52.6 Å². The smallest absolute Gasteiger partial charge is 0.270 e. The number of rotatable bonds is 8. The van der Waals surface area contributed by atoms with E-state index in [1.165, 1.54) is 4.68 Å². The normalized spacial score (nSPS) is 11.9. The molecule has 0 bridgehead atoms. The van der Waals surface area contributed by atoms with E-state index in [-0.39, 0.29) is 11.8 Å². The van der Waals surface area contributed by atoms with Gasteiger partial charge in [-0.3, -0.25) is 14.3 Å². The highest BCUT2D eigenvalue weighted by molar-refractivity contribution is 6.01. The maximum absolute atomic E-state index is 14.0. The molecule has 0 aliphatic carbocycles. The van der Waals surface area contributed by atoms with Gasteiger partial charge in [0.15, 0.2) is 0 Å². The molecular formula is C33H28N6O2. The number of amides is 2. The van der Waals surface area contributed by atoms with Crippen molar-refractivity contribution >= 4 is 28.5 Å². The second-order valence-corrected chi connectivity index (χ2v) is 9.76. The van der Waals surface area contributed by atoms with Gasteiger partial charge in [-0.25, -0.2) is 4.98 Å². The number of carbonyl (C=O) groups is 2. The maximum atomic E-state index is 14.0. The SMILES string of the molecule is Cn1nccc1C(=O)NC(C(=O)Nc1ccc(-c2ccnc3[nH]ccc23)cc1)C(c1ccccc1)c1ccccc1. The van der Waals surface area contributed by atoms with E-state index >= 15 is 0 Å². The Bertz CT molecular complexity index is 1750. The summed E-state index contributed by atoms with van der Waals surface area (Å²) in [6.07, 6.45) is 5.19. The summed E-state index contributed by atoms with van der Waals surface area (Å²) in [7, 11) is 1.70. The van der Waals surface area contributed by atoms with Crippen LogP contribution in [0.3, 0.4) is 0 Å². The van der Waals surface area contributed by atoms with E-state index in [0.29, 0.717) is 11.4 Å². The molecular weight excluding hydrogens is 512 g/mol. The highest BCUT2D eigenvalue weighted by atomic mass is 16.2. The van der Waals surface area contributed by atoms with Crippen LogP contribution in [0.4, 0.5) is 5.69 Å². The van der Waals surface area contributed by atoms with Gasteiger partial charge in [-0.15, -0.1) is 0 Å². The molecule has 8 heteroatoms. The summed E-state index contributed by atoms with van der Waals surface area (Å²) in [6, 6.07) is 31.8. The number of aromatic nitrogens is 4. The Kier molecular flexibility index (Phi) is 7.11. The van der Waals surface area contributed by atoms with E-state index in [0.717, 1.165) is 33.3 Å². The van der Waals surface area contributed by atoms with E-state index in [9.17, 15) is 9.59 Å². The van der Waals surface area contributed by atoms with Crippen LogP contribution in [0.1, 0.15) is 27.5 Å². The molecule has 0 aliphatic heterocycles. The monoisotopic (exact) mass is 540 g/mol. The lowest BCUT2D eigenvalue weighted by Crippen LogP contribution is -2.48. The van der Waals surface area contributed by atoms with Crippen molar-refractivity contribution in [1.29, 1.82) is 0 Å². The lowest BCUT2D eigenvalue weighted by molar-refractivity contribution is -0.118. The number of anilines is 1. The lowest BCUT2D eigenvalue weighted by atomic mass is 9.84. The first-order valence-electron chi connectivity index (χ1n) is 13.3. The highest BCUT2D eigenvalue weighted by Gasteiger charge is 2.33. The number of H-pyrrole nitrogens is 1. The van der Waals surface area contributed by atoms with Crippen molar-refractivity contribution < 1.29 is 9.59 Å². The third kappa shape index (κ3) is 5.35. The summed E-state index contributed by atoms with van der Waals surface area (Å²) < 4.78 is 1.49. The molecule has 0 aliphatic rings. The molecule has 0 spiro atoms. The minimum atomic E-state index is -0.915. The molecule has 0 saturated carbocycles. The summed E-state index contributed by atoms with van der Waals surface area (Å²) in [5.41, 5.74) is 5.67. The fourth-order valence-electron chi connectivity index (χ4n) is 5.18. The number of benzene rings is 3.